The molecule has 2 aromatic carbocycles. The van der Waals surface area contributed by atoms with Gasteiger partial charge in [0.1, 0.15) is 5.75 Å². The Labute approximate surface area is 125 Å². The summed E-state index contributed by atoms with van der Waals surface area (Å²) in [4.78, 5) is 3.96. The van der Waals surface area contributed by atoms with Gasteiger partial charge in [-0.15, -0.1) is 0 Å². The van der Waals surface area contributed by atoms with Gasteiger partial charge in [0.15, 0.2) is 0 Å². The van der Waals surface area contributed by atoms with E-state index in [1.807, 2.05) is 30.3 Å². The molecule has 0 fully saturated rings. The van der Waals surface area contributed by atoms with Crippen LogP contribution in [0.2, 0.25) is 0 Å². The number of hydrogen-bond acceptors (Lipinski definition) is 2. The van der Waals surface area contributed by atoms with Crippen molar-refractivity contribution in [3.63, 3.8) is 0 Å². The van der Waals surface area contributed by atoms with Crippen LogP contribution in [0, 0.1) is 0 Å². The lowest BCUT2D eigenvalue weighted by atomic mass is 9.98. The Morgan fingerprint density at radius 3 is 2.32 bits per heavy atom. The molecule has 0 radical (unpaired) electrons. The van der Waals surface area contributed by atoms with E-state index in [-0.39, 0.29) is 5.52 Å². The van der Waals surface area contributed by atoms with Gasteiger partial charge in [-0.1, -0.05) is 42.5 Å². The Bertz CT molecular complexity index is 813. The molecule has 0 spiro atoms. The number of para-hydroxylation sites is 1. The Kier molecular flexibility index (Phi) is 3.48. The molecule has 1 heterocycles. The van der Waals surface area contributed by atoms with Crippen molar-refractivity contribution in [1.29, 1.82) is 0 Å². The number of halogens is 3. The lowest BCUT2D eigenvalue weighted by Gasteiger charge is -2.15. The van der Waals surface area contributed by atoms with Crippen LogP contribution in [-0.2, 0) is 6.18 Å². The molecule has 0 amide bonds. The fourth-order valence-corrected chi connectivity index (χ4v) is 2.49. The van der Waals surface area contributed by atoms with Crippen molar-refractivity contribution in [3.05, 3.63) is 60.3 Å². The zero-order valence-electron chi connectivity index (χ0n) is 11.7. The van der Waals surface area contributed by atoms with Gasteiger partial charge in [-0.05, 0) is 11.6 Å². The van der Waals surface area contributed by atoms with Crippen molar-refractivity contribution in [2.24, 2.45) is 0 Å². The first-order valence-corrected chi connectivity index (χ1v) is 6.60. The van der Waals surface area contributed by atoms with Crippen molar-refractivity contribution in [3.8, 4) is 16.9 Å². The summed E-state index contributed by atoms with van der Waals surface area (Å²) in [6.45, 7) is 0. The number of ether oxygens (including phenoxy) is 1. The van der Waals surface area contributed by atoms with Crippen LogP contribution in [0.3, 0.4) is 0 Å². The lowest BCUT2D eigenvalue weighted by molar-refractivity contribution is -0.136. The van der Waals surface area contributed by atoms with Crippen LogP contribution >= 0.6 is 0 Å². The van der Waals surface area contributed by atoms with Crippen LogP contribution in [0.4, 0.5) is 13.2 Å². The molecule has 0 unspecified atom stereocenters. The third-order valence-corrected chi connectivity index (χ3v) is 3.45. The molecule has 112 valence electrons. The molecule has 0 atom stereocenters. The van der Waals surface area contributed by atoms with Crippen molar-refractivity contribution < 1.29 is 17.9 Å². The summed E-state index contributed by atoms with van der Waals surface area (Å²) in [5.74, 6) is 0.443. The number of benzene rings is 2. The normalized spacial score (nSPS) is 11.6. The fourth-order valence-electron chi connectivity index (χ4n) is 2.49. The van der Waals surface area contributed by atoms with Crippen LogP contribution in [0.1, 0.15) is 5.56 Å². The maximum atomic E-state index is 13.2. The monoisotopic (exact) mass is 303 g/mol. The highest BCUT2D eigenvalue weighted by atomic mass is 19.4. The number of nitrogens with zero attached hydrogens (tertiary/aromatic N) is 1. The fraction of sp³-hybridized carbons (Fsp3) is 0.118. The molecule has 22 heavy (non-hydrogen) atoms. The van der Waals surface area contributed by atoms with Crippen molar-refractivity contribution >= 4 is 10.9 Å². The second-order valence-corrected chi connectivity index (χ2v) is 4.77. The number of pyridine rings is 1. The van der Waals surface area contributed by atoms with Gasteiger partial charge in [-0.3, -0.25) is 4.98 Å². The smallest absolute Gasteiger partial charge is 0.418 e. The Balaban J connectivity index is 2.39. The first kappa shape index (κ1) is 14.4. The van der Waals surface area contributed by atoms with Crippen molar-refractivity contribution in [2.45, 2.75) is 6.18 Å². The first-order chi connectivity index (χ1) is 10.5. The molecule has 0 aliphatic rings. The molecule has 0 saturated carbocycles. The molecular weight excluding hydrogens is 291 g/mol. The van der Waals surface area contributed by atoms with Gasteiger partial charge >= 0.3 is 6.18 Å². The van der Waals surface area contributed by atoms with E-state index >= 15 is 0 Å². The summed E-state index contributed by atoms with van der Waals surface area (Å²) in [6.07, 6.45) is -3.12. The van der Waals surface area contributed by atoms with E-state index in [0.717, 1.165) is 11.6 Å². The van der Waals surface area contributed by atoms with Gasteiger partial charge in [0.05, 0.1) is 24.4 Å². The lowest BCUT2D eigenvalue weighted by Crippen LogP contribution is -2.07. The van der Waals surface area contributed by atoms with Crippen LogP contribution in [0.15, 0.2) is 54.7 Å². The van der Waals surface area contributed by atoms with Gasteiger partial charge in [0.2, 0.25) is 0 Å². The van der Waals surface area contributed by atoms with Crippen LogP contribution in [-0.4, -0.2) is 12.1 Å². The third kappa shape index (κ3) is 2.39. The minimum Gasteiger partial charge on any atom is -0.494 e. The van der Waals surface area contributed by atoms with Crippen LogP contribution in [0.25, 0.3) is 22.0 Å². The molecule has 0 saturated heterocycles. The van der Waals surface area contributed by atoms with Gasteiger partial charge < -0.3 is 4.74 Å². The van der Waals surface area contributed by atoms with Gasteiger partial charge in [-0.2, -0.15) is 13.2 Å². The molecule has 3 rings (SSSR count). The number of methoxy groups -OCH3 is 1. The molecule has 2 nitrogen and oxygen atoms in total. The summed E-state index contributed by atoms with van der Waals surface area (Å²) in [5.41, 5.74) is 0.574. The molecule has 0 N–H and O–H groups in total. The van der Waals surface area contributed by atoms with Gasteiger partial charge in [0.25, 0.3) is 0 Å². The average Bonchev–Trinajstić information content (AvgIpc) is 2.53. The highest BCUT2D eigenvalue weighted by molar-refractivity contribution is 5.99. The molecule has 5 heteroatoms. The number of rotatable bonds is 2. The SMILES string of the molecule is COc1cnc2c(C(F)(F)F)cccc2c1-c1ccccc1. The third-order valence-electron chi connectivity index (χ3n) is 3.45. The highest BCUT2D eigenvalue weighted by Gasteiger charge is 2.33. The standard InChI is InChI=1S/C17H12F3NO/c1-22-14-10-21-16-12(8-5-9-13(16)17(18,19)20)15(14)11-6-3-2-4-7-11/h2-10H,1H3. The number of alkyl halides is 3. The zero-order valence-corrected chi connectivity index (χ0v) is 11.7. The number of fused-ring (bicyclic) bond motifs is 1. The van der Waals surface area contributed by atoms with Crippen LogP contribution in [0.5, 0.6) is 5.75 Å². The minimum atomic E-state index is -4.45. The quantitative estimate of drug-likeness (QED) is 0.669. The summed E-state index contributed by atoms with van der Waals surface area (Å²) < 4.78 is 44.8. The summed E-state index contributed by atoms with van der Waals surface area (Å²) in [6, 6.07) is 13.2. The predicted octanol–water partition coefficient (Wildman–Crippen LogP) is 4.93. The van der Waals surface area contributed by atoms with E-state index < -0.39 is 11.7 Å². The maximum absolute atomic E-state index is 13.2. The molecule has 0 aliphatic carbocycles. The Morgan fingerprint density at radius 2 is 1.68 bits per heavy atom. The topological polar surface area (TPSA) is 22.1 Å². The van der Waals surface area contributed by atoms with E-state index in [1.165, 1.54) is 19.4 Å². The van der Waals surface area contributed by atoms with Crippen LogP contribution < -0.4 is 4.74 Å². The van der Waals surface area contributed by atoms with E-state index in [0.29, 0.717) is 16.7 Å². The van der Waals surface area contributed by atoms with E-state index in [1.54, 1.807) is 6.07 Å². The first-order valence-electron chi connectivity index (χ1n) is 6.60. The molecule has 3 aromatic rings. The summed E-state index contributed by atoms with van der Waals surface area (Å²) >= 11 is 0. The Hall–Kier alpha value is -2.56. The predicted molar refractivity (Wildman–Crippen MR) is 78.7 cm³/mol. The zero-order chi connectivity index (χ0) is 15.7. The molecule has 0 aliphatic heterocycles. The second kappa shape index (κ2) is 5.33. The van der Waals surface area contributed by atoms with Crippen molar-refractivity contribution in [2.75, 3.05) is 7.11 Å². The Morgan fingerprint density at radius 1 is 0.955 bits per heavy atom. The number of hydrogen-bond donors (Lipinski definition) is 0. The van der Waals surface area contributed by atoms with E-state index in [2.05, 4.69) is 4.98 Å². The van der Waals surface area contributed by atoms with Gasteiger partial charge in [0, 0.05) is 10.9 Å². The summed E-state index contributed by atoms with van der Waals surface area (Å²) in [5, 5.41) is 0.417. The van der Waals surface area contributed by atoms with E-state index in [4.69, 9.17) is 4.74 Å². The molecular formula is C17H12F3NO. The van der Waals surface area contributed by atoms with E-state index in [9.17, 15) is 13.2 Å². The largest absolute Gasteiger partial charge is 0.494 e. The minimum absolute atomic E-state index is 0.0744. The average molecular weight is 303 g/mol. The summed E-state index contributed by atoms with van der Waals surface area (Å²) in [7, 11) is 1.48. The second-order valence-electron chi connectivity index (χ2n) is 4.77. The molecule has 1 aromatic heterocycles. The van der Waals surface area contributed by atoms with Gasteiger partial charge in [-0.25, -0.2) is 0 Å². The highest BCUT2D eigenvalue weighted by Crippen LogP contribution is 2.40. The maximum Gasteiger partial charge on any atom is 0.418 e. The van der Waals surface area contributed by atoms with Crippen molar-refractivity contribution in [1.82, 2.24) is 4.98 Å². The number of aromatic nitrogens is 1. The molecule has 0 bridgehead atoms.